The number of hydrogen-bond acceptors (Lipinski definition) is 3. The van der Waals surface area contributed by atoms with Gasteiger partial charge >= 0.3 is 0 Å². The number of piperidine rings is 1. The van der Waals surface area contributed by atoms with Gasteiger partial charge in [-0.15, -0.1) is 0 Å². The van der Waals surface area contributed by atoms with Crippen molar-refractivity contribution >= 4 is 11.7 Å². The Bertz CT molecular complexity index is 732. The Balaban J connectivity index is 1.83. The maximum Gasteiger partial charge on any atom is 0.252 e. The van der Waals surface area contributed by atoms with Gasteiger partial charge in [0.05, 0.1) is 5.56 Å². The molecule has 24 heavy (non-hydrogen) atoms. The summed E-state index contributed by atoms with van der Waals surface area (Å²) in [6.45, 7) is 3.75. The average Bonchev–Trinajstić information content (AvgIpc) is 2.62. The van der Waals surface area contributed by atoms with Crippen LogP contribution in [-0.2, 0) is 0 Å². The number of nitrogens with one attached hydrogen (secondary N) is 2. The lowest BCUT2D eigenvalue weighted by atomic mass is 9.97. The maximum absolute atomic E-state index is 12.8. The van der Waals surface area contributed by atoms with Gasteiger partial charge in [0.1, 0.15) is 0 Å². The molecule has 4 nitrogen and oxygen atoms in total. The van der Waals surface area contributed by atoms with Crippen LogP contribution in [0, 0.1) is 6.92 Å². The van der Waals surface area contributed by atoms with Crippen molar-refractivity contribution in [2.45, 2.75) is 25.8 Å². The van der Waals surface area contributed by atoms with Crippen LogP contribution in [0.1, 0.15) is 44.7 Å². The van der Waals surface area contributed by atoms with Gasteiger partial charge in [-0.25, -0.2) is 0 Å². The predicted octanol–water partition coefficient (Wildman–Crippen LogP) is 2.71. The third-order valence-electron chi connectivity index (χ3n) is 4.36. The number of aryl methyl sites for hydroxylation is 1. The van der Waals surface area contributed by atoms with E-state index in [0.29, 0.717) is 16.7 Å². The van der Waals surface area contributed by atoms with Crippen molar-refractivity contribution in [2.75, 3.05) is 13.1 Å². The highest BCUT2D eigenvalue weighted by Crippen LogP contribution is 2.16. The summed E-state index contributed by atoms with van der Waals surface area (Å²) >= 11 is 0. The Kier molecular flexibility index (Phi) is 5.06. The highest BCUT2D eigenvalue weighted by atomic mass is 16.2. The van der Waals surface area contributed by atoms with E-state index in [2.05, 4.69) is 10.6 Å². The average molecular weight is 322 g/mol. The molecular formula is C20H22N2O2. The zero-order chi connectivity index (χ0) is 16.9. The first kappa shape index (κ1) is 16.4. The van der Waals surface area contributed by atoms with E-state index in [4.69, 9.17) is 0 Å². The smallest absolute Gasteiger partial charge is 0.252 e. The highest BCUT2D eigenvalue weighted by molar-refractivity contribution is 6.15. The Morgan fingerprint density at radius 1 is 1.04 bits per heavy atom. The number of ketones is 1. The van der Waals surface area contributed by atoms with E-state index in [1.54, 1.807) is 36.4 Å². The molecule has 0 aromatic heterocycles. The van der Waals surface area contributed by atoms with E-state index in [0.717, 1.165) is 31.5 Å². The molecule has 0 bridgehead atoms. The van der Waals surface area contributed by atoms with E-state index in [9.17, 15) is 9.59 Å². The van der Waals surface area contributed by atoms with Crippen molar-refractivity contribution in [1.29, 1.82) is 0 Å². The fraction of sp³-hybridized carbons (Fsp3) is 0.300. The second kappa shape index (κ2) is 7.41. The summed E-state index contributed by atoms with van der Waals surface area (Å²) in [4.78, 5) is 25.4. The van der Waals surface area contributed by atoms with Gasteiger partial charge in [-0.05, 0) is 32.4 Å². The lowest BCUT2D eigenvalue weighted by Crippen LogP contribution is -2.45. The fourth-order valence-electron chi connectivity index (χ4n) is 2.98. The Hall–Kier alpha value is -2.46. The van der Waals surface area contributed by atoms with Gasteiger partial charge < -0.3 is 10.6 Å². The molecule has 0 saturated carbocycles. The topological polar surface area (TPSA) is 58.2 Å². The molecule has 1 saturated heterocycles. The second-order valence-corrected chi connectivity index (χ2v) is 6.26. The molecule has 1 aliphatic heterocycles. The number of amides is 1. The molecule has 0 aliphatic carbocycles. The van der Waals surface area contributed by atoms with Crippen molar-refractivity contribution in [2.24, 2.45) is 0 Å². The van der Waals surface area contributed by atoms with Gasteiger partial charge in [-0.3, -0.25) is 9.59 Å². The molecule has 2 aromatic rings. The first-order chi connectivity index (χ1) is 11.6. The minimum atomic E-state index is -0.181. The summed E-state index contributed by atoms with van der Waals surface area (Å²) in [5, 5.41) is 6.32. The molecule has 0 radical (unpaired) electrons. The minimum Gasteiger partial charge on any atom is -0.348 e. The zero-order valence-corrected chi connectivity index (χ0v) is 13.8. The van der Waals surface area contributed by atoms with Crippen LogP contribution in [0.2, 0.25) is 0 Å². The highest BCUT2D eigenvalue weighted by Gasteiger charge is 2.21. The first-order valence-corrected chi connectivity index (χ1v) is 8.37. The SMILES string of the molecule is Cc1ccc(C(=O)c2ccccc2C(=O)N[C@H]2CCCNC2)cc1. The van der Waals surface area contributed by atoms with Gasteiger partial charge in [-0.1, -0.05) is 48.0 Å². The van der Waals surface area contributed by atoms with Crippen LogP contribution in [-0.4, -0.2) is 30.8 Å². The number of carbonyl (C=O) groups excluding carboxylic acids is 2. The van der Waals surface area contributed by atoms with E-state index in [1.165, 1.54) is 0 Å². The summed E-state index contributed by atoms with van der Waals surface area (Å²) < 4.78 is 0. The van der Waals surface area contributed by atoms with Crippen molar-refractivity contribution in [3.05, 3.63) is 70.8 Å². The van der Waals surface area contributed by atoms with Crippen LogP contribution >= 0.6 is 0 Å². The van der Waals surface area contributed by atoms with Crippen LogP contribution in [0.3, 0.4) is 0 Å². The molecule has 2 aromatic carbocycles. The van der Waals surface area contributed by atoms with Crippen LogP contribution in [0.15, 0.2) is 48.5 Å². The molecule has 1 aliphatic rings. The van der Waals surface area contributed by atoms with Crippen molar-refractivity contribution in [3.63, 3.8) is 0 Å². The molecule has 0 spiro atoms. The summed E-state index contributed by atoms with van der Waals surface area (Å²) in [6, 6.07) is 14.6. The van der Waals surface area contributed by atoms with Gasteiger partial charge in [0, 0.05) is 23.7 Å². The monoisotopic (exact) mass is 322 g/mol. The lowest BCUT2D eigenvalue weighted by Gasteiger charge is -2.24. The van der Waals surface area contributed by atoms with Crippen molar-refractivity contribution in [1.82, 2.24) is 10.6 Å². The number of hydrogen-bond donors (Lipinski definition) is 2. The summed E-state index contributed by atoms with van der Waals surface area (Å²) in [6.07, 6.45) is 2.02. The van der Waals surface area contributed by atoms with Crippen LogP contribution < -0.4 is 10.6 Å². The molecule has 1 atom stereocenters. The minimum absolute atomic E-state index is 0.119. The molecule has 1 heterocycles. The maximum atomic E-state index is 12.8. The molecular weight excluding hydrogens is 300 g/mol. The summed E-state index contributed by atoms with van der Waals surface area (Å²) in [5.74, 6) is -0.303. The van der Waals surface area contributed by atoms with Crippen LogP contribution in [0.5, 0.6) is 0 Å². The summed E-state index contributed by atoms with van der Waals surface area (Å²) in [5.41, 5.74) is 2.58. The van der Waals surface area contributed by atoms with Gasteiger partial charge in [0.25, 0.3) is 5.91 Å². The van der Waals surface area contributed by atoms with E-state index in [-0.39, 0.29) is 17.7 Å². The normalized spacial score (nSPS) is 17.3. The third-order valence-corrected chi connectivity index (χ3v) is 4.36. The third kappa shape index (κ3) is 3.71. The van der Waals surface area contributed by atoms with E-state index in [1.807, 2.05) is 19.1 Å². The molecule has 1 amide bonds. The number of rotatable bonds is 4. The largest absolute Gasteiger partial charge is 0.348 e. The van der Waals surface area contributed by atoms with Crippen molar-refractivity contribution < 1.29 is 9.59 Å². The molecule has 2 N–H and O–H groups in total. The van der Waals surface area contributed by atoms with E-state index >= 15 is 0 Å². The molecule has 0 unspecified atom stereocenters. The second-order valence-electron chi connectivity index (χ2n) is 6.26. The van der Waals surface area contributed by atoms with Crippen LogP contribution in [0.25, 0.3) is 0 Å². The summed E-state index contributed by atoms with van der Waals surface area (Å²) in [7, 11) is 0. The van der Waals surface area contributed by atoms with Gasteiger partial charge in [-0.2, -0.15) is 0 Å². The Labute approximate surface area is 142 Å². The fourth-order valence-corrected chi connectivity index (χ4v) is 2.98. The molecule has 4 heteroatoms. The Morgan fingerprint density at radius 2 is 1.75 bits per heavy atom. The number of carbonyl (C=O) groups is 2. The van der Waals surface area contributed by atoms with E-state index < -0.39 is 0 Å². The van der Waals surface area contributed by atoms with Gasteiger partial charge in [0.2, 0.25) is 0 Å². The molecule has 3 rings (SSSR count). The zero-order valence-electron chi connectivity index (χ0n) is 13.8. The van der Waals surface area contributed by atoms with Crippen LogP contribution in [0.4, 0.5) is 0 Å². The molecule has 124 valence electrons. The Morgan fingerprint density at radius 3 is 2.42 bits per heavy atom. The standard InChI is InChI=1S/C20H22N2O2/c1-14-8-10-15(11-9-14)19(23)17-6-2-3-7-18(17)20(24)22-16-5-4-12-21-13-16/h2-3,6-11,16,21H,4-5,12-13H2,1H3,(H,22,24)/t16-/m0/s1. The number of benzene rings is 2. The predicted molar refractivity (Wildman–Crippen MR) is 94.4 cm³/mol. The quantitative estimate of drug-likeness (QED) is 0.851. The molecule has 1 fully saturated rings. The first-order valence-electron chi connectivity index (χ1n) is 8.37. The lowest BCUT2D eigenvalue weighted by molar-refractivity contribution is 0.0921. The van der Waals surface area contributed by atoms with Gasteiger partial charge in [0.15, 0.2) is 5.78 Å². The van der Waals surface area contributed by atoms with Crippen molar-refractivity contribution in [3.8, 4) is 0 Å².